The molecule has 0 unspecified atom stereocenters. The van der Waals surface area contributed by atoms with Crippen LogP contribution >= 0.6 is 0 Å². The summed E-state index contributed by atoms with van der Waals surface area (Å²) in [7, 11) is 0. The van der Waals surface area contributed by atoms with E-state index in [9.17, 15) is 0 Å². The molecule has 1 aliphatic heterocycles. The molecule has 1 fully saturated rings. The number of rotatable bonds is 4. The van der Waals surface area contributed by atoms with Gasteiger partial charge in [-0.25, -0.2) is 4.98 Å². The molecular formula is C15H26N4. The van der Waals surface area contributed by atoms with Crippen LogP contribution in [0, 0.1) is 5.92 Å². The number of hydrogen-bond acceptors (Lipinski definition) is 3. The van der Waals surface area contributed by atoms with Gasteiger partial charge in [0.15, 0.2) is 0 Å². The first-order valence-electron chi connectivity index (χ1n) is 7.77. The van der Waals surface area contributed by atoms with E-state index in [2.05, 4.69) is 32.9 Å². The SMILES string of the molecule is CC1CCC(NCCN2CCn3ccnc3C2)CC1. The summed E-state index contributed by atoms with van der Waals surface area (Å²) in [4.78, 5) is 6.93. The first-order valence-corrected chi connectivity index (χ1v) is 7.77. The molecule has 2 heterocycles. The number of nitrogens with zero attached hydrogens (tertiary/aromatic N) is 3. The summed E-state index contributed by atoms with van der Waals surface area (Å²) in [5, 5.41) is 3.74. The van der Waals surface area contributed by atoms with E-state index < -0.39 is 0 Å². The highest BCUT2D eigenvalue weighted by Gasteiger charge is 2.19. The smallest absolute Gasteiger partial charge is 0.122 e. The average molecular weight is 262 g/mol. The first-order chi connectivity index (χ1) is 9.31. The normalized spacial score (nSPS) is 28.3. The molecule has 4 heteroatoms. The molecule has 0 amide bonds. The van der Waals surface area contributed by atoms with Gasteiger partial charge in [0, 0.05) is 44.6 Å². The van der Waals surface area contributed by atoms with Crippen LogP contribution in [0.25, 0.3) is 0 Å². The largest absolute Gasteiger partial charge is 0.333 e. The molecule has 1 aromatic rings. The zero-order valence-corrected chi connectivity index (χ0v) is 12.0. The minimum Gasteiger partial charge on any atom is -0.333 e. The lowest BCUT2D eigenvalue weighted by molar-refractivity contribution is 0.209. The Balaban J connectivity index is 1.37. The predicted molar refractivity (Wildman–Crippen MR) is 76.9 cm³/mol. The second kappa shape index (κ2) is 6.06. The highest BCUT2D eigenvalue weighted by Crippen LogP contribution is 2.23. The average Bonchev–Trinajstić information content (AvgIpc) is 2.88. The molecule has 1 saturated carbocycles. The van der Waals surface area contributed by atoms with Gasteiger partial charge >= 0.3 is 0 Å². The Morgan fingerprint density at radius 3 is 2.95 bits per heavy atom. The number of fused-ring (bicyclic) bond motifs is 1. The molecule has 2 aliphatic rings. The van der Waals surface area contributed by atoms with Crippen molar-refractivity contribution in [3.8, 4) is 0 Å². The Morgan fingerprint density at radius 2 is 2.11 bits per heavy atom. The molecule has 0 bridgehead atoms. The van der Waals surface area contributed by atoms with Crippen molar-refractivity contribution in [2.24, 2.45) is 5.92 Å². The van der Waals surface area contributed by atoms with Crippen LogP contribution in [0.15, 0.2) is 12.4 Å². The van der Waals surface area contributed by atoms with E-state index in [4.69, 9.17) is 0 Å². The molecule has 0 spiro atoms. The van der Waals surface area contributed by atoms with Gasteiger partial charge in [0.2, 0.25) is 0 Å². The van der Waals surface area contributed by atoms with Crippen LogP contribution in [0.2, 0.25) is 0 Å². The summed E-state index contributed by atoms with van der Waals surface area (Å²) >= 11 is 0. The highest BCUT2D eigenvalue weighted by molar-refractivity contribution is 4.95. The Kier molecular flexibility index (Phi) is 4.18. The summed E-state index contributed by atoms with van der Waals surface area (Å²) in [6.45, 7) is 7.92. The third kappa shape index (κ3) is 3.37. The summed E-state index contributed by atoms with van der Waals surface area (Å²) in [5.74, 6) is 2.16. The second-order valence-corrected chi connectivity index (χ2v) is 6.22. The van der Waals surface area contributed by atoms with Gasteiger partial charge in [0.1, 0.15) is 5.82 Å². The number of nitrogens with one attached hydrogen (secondary N) is 1. The van der Waals surface area contributed by atoms with Crippen LogP contribution in [0.1, 0.15) is 38.4 Å². The van der Waals surface area contributed by atoms with Gasteiger partial charge in [-0.05, 0) is 31.6 Å². The van der Waals surface area contributed by atoms with E-state index in [0.29, 0.717) is 0 Å². The zero-order valence-electron chi connectivity index (χ0n) is 12.0. The van der Waals surface area contributed by atoms with Crippen LogP contribution in [-0.2, 0) is 13.1 Å². The fourth-order valence-electron chi connectivity index (χ4n) is 3.31. The van der Waals surface area contributed by atoms with Gasteiger partial charge in [-0.1, -0.05) is 6.92 Å². The predicted octanol–water partition coefficient (Wildman–Crippen LogP) is 1.87. The molecular weight excluding hydrogens is 236 g/mol. The van der Waals surface area contributed by atoms with Crippen LogP contribution in [0.5, 0.6) is 0 Å². The van der Waals surface area contributed by atoms with E-state index in [-0.39, 0.29) is 0 Å². The van der Waals surface area contributed by atoms with E-state index in [1.807, 2.05) is 6.20 Å². The summed E-state index contributed by atoms with van der Waals surface area (Å²) < 4.78 is 2.27. The third-order valence-electron chi connectivity index (χ3n) is 4.70. The van der Waals surface area contributed by atoms with Crippen molar-refractivity contribution in [2.75, 3.05) is 19.6 Å². The van der Waals surface area contributed by atoms with Crippen molar-refractivity contribution in [1.29, 1.82) is 0 Å². The van der Waals surface area contributed by atoms with Gasteiger partial charge in [-0.3, -0.25) is 4.90 Å². The summed E-state index contributed by atoms with van der Waals surface area (Å²) in [6.07, 6.45) is 9.54. The first kappa shape index (κ1) is 13.1. The molecule has 0 saturated heterocycles. The topological polar surface area (TPSA) is 33.1 Å². The lowest BCUT2D eigenvalue weighted by Gasteiger charge is -2.30. The van der Waals surface area contributed by atoms with Gasteiger partial charge < -0.3 is 9.88 Å². The molecule has 0 radical (unpaired) electrons. The van der Waals surface area contributed by atoms with Crippen LogP contribution in [0.3, 0.4) is 0 Å². The van der Waals surface area contributed by atoms with Crippen molar-refractivity contribution in [1.82, 2.24) is 19.8 Å². The van der Waals surface area contributed by atoms with Gasteiger partial charge in [-0.15, -0.1) is 0 Å². The molecule has 0 atom stereocenters. The molecule has 0 aromatic carbocycles. The second-order valence-electron chi connectivity index (χ2n) is 6.22. The fraction of sp³-hybridized carbons (Fsp3) is 0.800. The Morgan fingerprint density at radius 1 is 1.26 bits per heavy atom. The molecule has 4 nitrogen and oxygen atoms in total. The van der Waals surface area contributed by atoms with Crippen molar-refractivity contribution < 1.29 is 0 Å². The van der Waals surface area contributed by atoms with E-state index in [1.165, 1.54) is 31.5 Å². The minimum absolute atomic E-state index is 0.767. The van der Waals surface area contributed by atoms with Gasteiger partial charge in [-0.2, -0.15) is 0 Å². The van der Waals surface area contributed by atoms with Crippen molar-refractivity contribution in [2.45, 2.75) is 51.7 Å². The lowest BCUT2D eigenvalue weighted by atomic mass is 9.87. The number of imidazole rings is 1. The molecule has 19 heavy (non-hydrogen) atoms. The quantitative estimate of drug-likeness (QED) is 0.899. The lowest BCUT2D eigenvalue weighted by Crippen LogP contribution is -2.41. The van der Waals surface area contributed by atoms with E-state index in [0.717, 1.165) is 44.7 Å². The fourth-order valence-corrected chi connectivity index (χ4v) is 3.31. The van der Waals surface area contributed by atoms with Crippen LogP contribution in [0.4, 0.5) is 0 Å². The van der Waals surface area contributed by atoms with Crippen molar-refractivity contribution in [3.05, 3.63) is 18.2 Å². The van der Waals surface area contributed by atoms with Crippen LogP contribution < -0.4 is 5.32 Å². The zero-order chi connectivity index (χ0) is 13.1. The maximum atomic E-state index is 4.41. The minimum atomic E-state index is 0.767. The van der Waals surface area contributed by atoms with E-state index in [1.54, 1.807) is 0 Å². The standard InChI is InChI=1S/C15H26N4/c1-13-2-4-14(5-3-13)16-6-8-18-10-11-19-9-7-17-15(19)12-18/h7,9,13-14,16H,2-6,8,10-12H2,1H3. The number of aromatic nitrogens is 2. The van der Waals surface area contributed by atoms with Gasteiger partial charge in [0.25, 0.3) is 0 Å². The van der Waals surface area contributed by atoms with Crippen LogP contribution in [-0.4, -0.2) is 40.1 Å². The third-order valence-corrected chi connectivity index (χ3v) is 4.70. The highest BCUT2D eigenvalue weighted by atomic mass is 15.2. The Bertz CT molecular complexity index is 393. The van der Waals surface area contributed by atoms with Crippen molar-refractivity contribution in [3.63, 3.8) is 0 Å². The van der Waals surface area contributed by atoms with Gasteiger partial charge in [0.05, 0.1) is 6.54 Å². The molecule has 1 aromatic heterocycles. The molecule has 1 N–H and O–H groups in total. The maximum absolute atomic E-state index is 4.41. The Labute approximate surface area is 116 Å². The Hall–Kier alpha value is -0.870. The number of hydrogen-bond donors (Lipinski definition) is 1. The molecule has 3 rings (SSSR count). The summed E-state index contributed by atoms with van der Waals surface area (Å²) in [5.41, 5.74) is 0. The maximum Gasteiger partial charge on any atom is 0.122 e. The molecule has 1 aliphatic carbocycles. The van der Waals surface area contributed by atoms with E-state index >= 15 is 0 Å². The monoisotopic (exact) mass is 262 g/mol. The molecule has 106 valence electrons. The summed E-state index contributed by atoms with van der Waals surface area (Å²) in [6, 6.07) is 0.767. The van der Waals surface area contributed by atoms with Crippen molar-refractivity contribution >= 4 is 0 Å².